The molecule has 11 rings (SSSR count). The Labute approximate surface area is 286 Å². The van der Waals surface area contributed by atoms with E-state index in [0.29, 0.717) is 0 Å². The average Bonchev–Trinajstić information content (AvgIpc) is 3.33. The van der Waals surface area contributed by atoms with Crippen LogP contribution in [0.5, 0.6) is 0 Å². The van der Waals surface area contributed by atoms with Crippen molar-refractivity contribution in [1.29, 1.82) is 0 Å². The van der Waals surface area contributed by atoms with E-state index in [2.05, 4.69) is 162 Å². The molecule has 232 valence electrons. The fraction of sp³-hybridized carbons (Fsp3) is 0.143. The monoisotopic (exact) mass is 624 g/mol. The lowest BCUT2D eigenvalue weighted by atomic mass is 9.79. The number of rotatable bonds is 1. The van der Waals surface area contributed by atoms with Crippen molar-refractivity contribution in [2.24, 2.45) is 0 Å². The summed E-state index contributed by atoms with van der Waals surface area (Å²) in [5.74, 6) is 0. The number of hydrogen-bond acceptors (Lipinski definition) is 0. The van der Waals surface area contributed by atoms with Gasteiger partial charge in [0, 0.05) is 5.41 Å². The highest BCUT2D eigenvalue weighted by atomic mass is 14.4. The predicted octanol–water partition coefficient (Wildman–Crippen LogP) is 13.9. The Morgan fingerprint density at radius 1 is 0.408 bits per heavy atom. The van der Waals surface area contributed by atoms with Crippen LogP contribution in [0.3, 0.4) is 0 Å². The van der Waals surface area contributed by atoms with E-state index >= 15 is 0 Å². The van der Waals surface area contributed by atoms with Crippen LogP contribution in [0.15, 0.2) is 127 Å². The zero-order valence-corrected chi connectivity index (χ0v) is 28.6. The van der Waals surface area contributed by atoms with Crippen LogP contribution in [-0.4, -0.2) is 0 Å². The molecular weight excluding hydrogens is 589 g/mol. The Bertz CT molecular complexity index is 2970. The van der Waals surface area contributed by atoms with Crippen molar-refractivity contribution >= 4 is 75.4 Å². The molecule has 10 aromatic rings. The lowest BCUT2D eigenvalue weighted by Crippen LogP contribution is -2.15. The summed E-state index contributed by atoms with van der Waals surface area (Å²) in [6.07, 6.45) is 0. The molecule has 1 aliphatic carbocycles. The molecule has 0 spiro atoms. The SMILES string of the molecule is CC(C)(C)c1cc2ccc3cc4c(c5ccc(c1)c2c35)-c1ccc(-c2ccc3c5cccc6cccc(c7cccc2c73)c65)cc1C4(C)C. The van der Waals surface area contributed by atoms with Gasteiger partial charge in [-0.1, -0.05) is 150 Å². The van der Waals surface area contributed by atoms with E-state index in [1.54, 1.807) is 0 Å². The van der Waals surface area contributed by atoms with Crippen molar-refractivity contribution < 1.29 is 0 Å². The summed E-state index contributed by atoms with van der Waals surface area (Å²) in [7, 11) is 0. The number of hydrogen-bond donors (Lipinski definition) is 0. The van der Waals surface area contributed by atoms with Crippen LogP contribution in [-0.2, 0) is 10.8 Å². The molecule has 0 saturated heterocycles. The highest BCUT2D eigenvalue weighted by Gasteiger charge is 2.37. The van der Waals surface area contributed by atoms with E-state index in [1.807, 2.05) is 0 Å². The highest BCUT2D eigenvalue weighted by molar-refractivity contribution is 6.34. The van der Waals surface area contributed by atoms with Crippen LogP contribution in [0, 0.1) is 0 Å². The summed E-state index contributed by atoms with van der Waals surface area (Å²) in [5.41, 5.74) is 9.61. The van der Waals surface area contributed by atoms with Crippen LogP contribution in [0.25, 0.3) is 97.7 Å². The third-order valence-electron chi connectivity index (χ3n) is 12.1. The largest absolute Gasteiger partial charge is 0.0610 e. The van der Waals surface area contributed by atoms with Gasteiger partial charge in [-0.05, 0) is 132 Å². The molecule has 0 heteroatoms. The van der Waals surface area contributed by atoms with Crippen molar-refractivity contribution in [3.63, 3.8) is 0 Å². The average molecular weight is 625 g/mol. The second-order valence-electron chi connectivity index (χ2n) is 16.1. The second-order valence-corrected chi connectivity index (χ2v) is 16.1. The molecule has 10 aromatic carbocycles. The molecule has 0 nitrogen and oxygen atoms in total. The third kappa shape index (κ3) is 3.44. The van der Waals surface area contributed by atoms with Crippen LogP contribution >= 0.6 is 0 Å². The van der Waals surface area contributed by atoms with E-state index in [1.165, 1.54) is 114 Å². The van der Waals surface area contributed by atoms with E-state index in [9.17, 15) is 0 Å². The quantitative estimate of drug-likeness (QED) is 0.126. The normalized spacial score (nSPS) is 14.4. The fourth-order valence-electron chi connectivity index (χ4n) is 9.60. The Morgan fingerprint density at radius 2 is 0.980 bits per heavy atom. The van der Waals surface area contributed by atoms with Gasteiger partial charge >= 0.3 is 0 Å². The van der Waals surface area contributed by atoms with Crippen molar-refractivity contribution in [3.05, 3.63) is 144 Å². The highest BCUT2D eigenvalue weighted by Crippen LogP contribution is 2.55. The van der Waals surface area contributed by atoms with Crippen LogP contribution in [0.1, 0.15) is 51.3 Å². The molecule has 0 amide bonds. The lowest BCUT2D eigenvalue weighted by molar-refractivity contribution is 0.591. The maximum Gasteiger partial charge on any atom is 0.0159 e. The molecule has 1 aliphatic rings. The summed E-state index contributed by atoms with van der Waals surface area (Å²) in [4.78, 5) is 0. The fourth-order valence-corrected chi connectivity index (χ4v) is 9.60. The van der Waals surface area contributed by atoms with Gasteiger partial charge in [-0.25, -0.2) is 0 Å². The van der Waals surface area contributed by atoms with Crippen LogP contribution in [0.4, 0.5) is 0 Å². The first-order valence-electron chi connectivity index (χ1n) is 17.7. The summed E-state index contributed by atoms with van der Waals surface area (Å²) in [6, 6.07) is 49.2. The first kappa shape index (κ1) is 27.5. The van der Waals surface area contributed by atoms with Crippen LogP contribution in [0.2, 0.25) is 0 Å². The van der Waals surface area contributed by atoms with E-state index in [0.717, 1.165) is 0 Å². The van der Waals surface area contributed by atoms with Gasteiger partial charge in [-0.15, -0.1) is 0 Å². The van der Waals surface area contributed by atoms with Gasteiger partial charge in [0.25, 0.3) is 0 Å². The summed E-state index contributed by atoms with van der Waals surface area (Å²) >= 11 is 0. The Morgan fingerprint density at radius 3 is 1.69 bits per heavy atom. The molecule has 49 heavy (non-hydrogen) atoms. The number of fused-ring (bicyclic) bond motifs is 6. The van der Waals surface area contributed by atoms with Gasteiger partial charge in [0.15, 0.2) is 0 Å². The topological polar surface area (TPSA) is 0 Å². The Hall–Kier alpha value is -5.46. The zero-order chi connectivity index (χ0) is 33.0. The lowest BCUT2D eigenvalue weighted by Gasteiger charge is -2.24. The minimum atomic E-state index is -0.120. The van der Waals surface area contributed by atoms with Crippen LogP contribution < -0.4 is 0 Å². The molecule has 0 heterocycles. The van der Waals surface area contributed by atoms with Crippen molar-refractivity contribution in [1.82, 2.24) is 0 Å². The maximum absolute atomic E-state index is 2.50. The van der Waals surface area contributed by atoms with Crippen molar-refractivity contribution in [2.75, 3.05) is 0 Å². The third-order valence-corrected chi connectivity index (χ3v) is 12.1. The second kappa shape index (κ2) is 8.95. The predicted molar refractivity (Wildman–Crippen MR) is 213 cm³/mol. The molecule has 0 aliphatic heterocycles. The van der Waals surface area contributed by atoms with Gasteiger partial charge in [0.05, 0.1) is 0 Å². The molecule has 0 fully saturated rings. The molecule has 0 radical (unpaired) electrons. The first-order valence-corrected chi connectivity index (χ1v) is 17.7. The van der Waals surface area contributed by atoms with Gasteiger partial charge < -0.3 is 0 Å². The van der Waals surface area contributed by atoms with Crippen molar-refractivity contribution in [3.8, 4) is 22.3 Å². The summed E-state index contributed by atoms with van der Waals surface area (Å²) in [6.45, 7) is 11.8. The molecule has 0 atom stereocenters. The van der Waals surface area contributed by atoms with Gasteiger partial charge in [0.1, 0.15) is 0 Å². The molecule has 0 bridgehead atoms. The molecule has 0 N–H and O–H groups in total. The minimum absolute atomic E-state index is 0.106. The first-order chi connectivity index (χ1) is 23.7. The molecule has 0 aromatic heterocycles. The summed E-state index contributed by atoms with van der Waals surface area (Å²) in [5, 5.41) is 18.9. The van der Waals surface area contributed by atoms with E-state index in [4.69, 9.17) is 0 Å². The van der Waals surface area contributed by atoms with E-state index in [-0.39, 0.29) is 10.8 Å². The minimum Gasteiger partial charge on any atom is -0.0610 e. The zero-order valence-electron chi connectivity index (χ0n) is 28.6. The van der Waals surface area contributed by atoms with Crippen molar-refractivity contribution in [2.45, 2.75) is 45.4 Å². The standard InChI is InChI=1S/C49H36/c1-48(2,3)32-23-29-15-16-31-26-42-47(40-20-18-30(24-32)43(29)45(31)40)39-19-17-28(25-41(39)49(42,4)5)33-21-22-38-36-12-7-10-27-9-6-11-35(44(27)36)37-14-8-13-34(33)46(37)38/h6-26H,1-5H3. The number of benzene rings is 10. The molecule has 0 unspecified atom stereocenters. The maximum atomic E-state index is 2.50. The molecule has 0 saturated carbocycles. The Kier molecular flexibility index (Phi) is 5.02. The Balaban J connectivity index is 1.15. The molecular formula is C49H36. The van der Waals surface area contributed by atoms with Gasteiger partial charge in [-0.3, -0.25) is 0 Å². The van der Waals surface area contributed by atoms with Gasteiger partial charge in [0.2, 0.25) is 0 Å². The smallest absolute Gasteiger partial charge is 0.0159 e. The summed E-state index contributed by atoms with van der Waals surface area (Å²) < 4.78 is 0. The van der Waals surface area contributed by atoms with Gasteiger partial charge in [-0.2, -0.15) is 0 Å². The van der Waals surface area contributed by atoms with E-state index < -0.39 is 0 Å².